The van der Waals surface area contributed by atoms with Gasteiger partial charge in [0.15, 0.2) is 11.5 Å². The summed E-state index contributed by atoms with van der Waals surface area (Å²) in [7, 11) is 1.41. The molecule has 1 aromatic carbocycles. The maximum absolute atomic E-state index is 13.3. The second-order valence-corrected chi connectivity index (χ2v) is 9.21. The van der Waals surface area contributed by atoms with E-state index in [1.165, 1.54) is 25.3 Å². The number of fused-ring (bicyclic) bond motifs is 1. The van der Waals surface area contributed by atoms with Gasteiger partial charge < -0.3 is 23.8 Å². The number of likely N-dealkylation sites (tertiary alicyclic amines) is 1. The summed E-state index contributed by atoms with van der Waals surface area (Å²) in [6.07, 6.45) is -4.75. The summed E-state index contributed by atoms with van der Waals surface area (Å²) in [5.74, 6) is 0.0101. The van der Waals surface area contributed by atoms with E-state index in [4.69, 9.17) is 18.9 Å². The third-order valence-electron chi connectivity index (χ3n) is 6.93. The molecule has 7 nitrogen and oxygen atoms in total. The minimum Gasteiger partial charge on any atom is -0.493 e. The number of carbonyl (C=O) groups is 1. The Bertz CT molecular complexity index is 1110. The maximum Gasteiger partial charge on any atom is 0.433 e. The molecule has 4 rings (SSSR count). The first kappa shape index (κ1) is 28.0. The number of benzene rings is 1. The van der Waals surface area contributed by atoms with Crippen LogP contribution in [0.25, 0.3) is 0 Å². The van der Waals surface area contributed by atoms with Crippen LogP contribution in [0, 0.1) is 5.92 Å². The zero-order valence-corrected chi connectivity index (χ0v) is 20.8. The van der Waals surface area contributed by atoms with Gasteiger partial charge in [0.2, 0.25) is 0 Å². The average molecular weight is 545 g/mol. The molecule has 2 aliphatic rings. The maximum atomic E-state index is 13.3. The van der Waals surface area contributed by atoms with Crippen LogP contribution in [-0.2, 0) is 21.3 Å². The number of nitrogens with zero attached hydrogens (tertiary/aromatic N) is 2. The molecular formula is C26H29F5N2O5. The monoisotopic (exact) mass is 544 g/mol. The second-order valence-electron chi connectivity index (χ2n) is 9.21. The van der Waals surface area contributed by atoms with Crippen LogP contribution >= 0.6 is 0 Å². The van der Waals surface area contributed by atoms with Gasteiger partial charge in [0.05, 0.1) is 39.3 Å². The molecule has 2 aliphatic heterocycles. The Hall–Kier alpha value is -2.99. The van der Waals surface area contributed by atoms with Crippen LogP contribution in [0.5, 0.6) is 11.5 Å². The molecule has 0 radical (unpaired) electrons. The largest absolute Gasteiger partial charge is 0.493 e. The Kier molecular flexibility index (Phi) is 8.71. The summed E-state index contributed by atoms with van der Waals surface area (Å²) in [6.45, 7) is -0.883. The quantitative estimate of drug-likeness (QED) is 0.395. The summed E-state index contributed by atoms with van der Waals surface area (Å²) >= 11 is 0. The molecule has 208 valence electrons. The average Bonchev–Trinajstić information content (AvgIpc) is 3.35. The Morgan fingerprint density at radius 2 is 1.95 bits per heavy atom. The van der Waals surface area contributed by atoms with Crippen molar-refractivity contribution >= 4 is 5.91 Å². The molecule has 1 unspecified atom stereocenters. The highest BCUT2D eigenvalue weighted by molar-refractivity contribution is 5.95. The lowest BCUT2D eigenvalue weighted by Crippen LogP contribution is -2.54. The number of amides is 1. The van der Waals surface area contributed by atoms with Gasteiger partial charge in [-0.05, 0) is 49.1 Å². The molecule has 1 amide bonds. The van der Waals surface area contributed by atoms with Crippen molar-refractivity contribution in [2.75, 3.05) is 46.9 Å². The molecule has 0 bridgehead atoms. The molecule has 2 aromatic rings. The molecule has 2 atom stereocenters. The molecule has 38 heavy (non-hydrogen) atoms. The van der Waals surface area contributed by atoms with Crippen molar-refractivity contribution in [1.82, 2.24) is 9.88 Å². The third-order valence-corrected chi connectivity index (χ3v) is 6.93. The summed E-state index contributed by atoms with van der Waals surface area (Å²) in [4.78, 5) is 18.7. The first-order valence-corrected chi connectivity index (χ1v) is 12.2. The summed E-state index contributed by atoms with van der Waals surface area (Å²) in [5.41, 5.74) is -1.79. The van der Waals surface area contributed by atoms with E-state index in [1.54, 1.807) is 17.0 Å². The number of methoxy groups -OCH3 is 1. The molecule has 2 fully saturated rings. The number of halogens is 5. The molecular weight excluding hydrogens is 515 g/mol. The van der Waals surface area contributed by atoms with Gasteiger partial charge in [-0.15, -0.1) is 0 Å². The minimum absolute atomic E-state index is 0.0888. The van der Waals surface area contributed by atoms with Crippen LogP contribution in [0.4, 0.5) is 22.0 Å². The van der Waals surface area contributed by atoms with Gasteiger partial charge in [-0.1, -0.05) is 6.07 Å². The van der Waals surface area contributed by atoms with E-state index in [0.29, 0.717) is 11.3 Å². The fraction of sp³-hybridized carbons (Fsp3) is 0.538. The number of carbonyl (C=O) groups excluding carboxylic acids is 1. The van der Waals surface area contributed by atoms with Crippen molar-refractivity contribution in [1.29, 1.82) is 0 Å². The molecule has 2 saturated heterocycles. The zero-order valence-electron chi connectivity index (χ0n) is 20.8. The van der Waals surface area contributed by atoms with Gasteiger partial charge >= 0.3 is 6.18 Å². The van der Waals surface area contributed by atoms with E-state index >= 15 is 0 Å². The molecule has 0 saturated carbocycles. The number of aromatic nitrogens is 1. The molecule has 12 heteroatoms. The van der Waals surface area contributed by atoms with E-state index < -0.39 is 36.9 Å². The van der Waals surface area contributed by atoms with E-state index in [9.17, 15) is 26.7 Å². The van der Waals surface area contributed by atoms with Crippen molar-refractivity contribution in [2.45, 2.75) is 37.1 Å². The minimum atomic E-state index is -4.60. The molecule has 0 spiro atoms. The van der Waals surface area contributed by atoms with Crippen molar-refractivity contribution < 1.29 is 45.7 Å². The Labute approximate surface area is 216 Å². The van der Waals surface area contributed by atoms with Gasteiger partial charge in [-0.3, -0.25) is 13.6 Å². The van der Waals surface area contributed by atoms with E-state index in [0.717, 1.165) is 6.07 Å². The Morgan fingerprint density at radius 3 is 2.63 bits per heavy atom. The van der Waals surface area contributed by atoms with Crippen molar-refractivity contribution in [3.8, 4) is 11.5 Å². The van der Waals surface area contributed by atoms with Crippen molar-refractivity contribution in [3.63, 3.8) is 0 Å². The van der Waals surface area contributed by atoms with Gasteiger partial charge in [-0.2, -0.15) is 13.2 Å². The molecule has 0 N–H and O–H groups in total. The second kappa shape index (κ2) is 11.8. The van der Waals surface area contributed by atoms with Crippen LogP contribution in [0.15, 0.2) is 36.4 Å². The number of piperidine rings is 1. The summed E-state index contributed by atoms with van der Waals surface area (Å²) < 4.78 is 87.7. The smallest absolute Gasteiger partial charge is 0.433 e. The molecule has 3 heterocycles. The van der Waals surface area contributed by atoms with Crippen LogP contribution in [0.3, 0.4) is 0 Å². The topological polar surface area (TPSA) is 70.1 Å². The highest BCUT2D eigenvalue weighted by atomic mass is 19.4. The summed E-state index contributed by atoms with van der Waals surface area (Å²) in [5, 5.41) is 0. The van der Waals surface area contributed by atoms with Crippen molar-refractivity contribution in [2.24, 2.45) is 5.92 Å². The van der Waals surface area contributed by atoms with E-state index in [1.807, 2.05) is 0 Å². The molecule has 0 aliphatic carbocycles. The number of rotatable bonds is 10. The number of hydrogen-bond acceptors (Lipinski definition) is 6. The van der Waals surface area contributed by atoms with E-state index in [2.05, 4.69) is 4.98 Å². The van der Waals surface area contributed by atoms with Gasteiger partial charge in [0, 0.05) is 18.5 Å². The van der Waals surface area contributed by atoms with Crippen LogP contribution < -0.4 is 9.47 Å². The Morgan fingerprint density at radius 1 is 1.18 bits per heavy atom. The number of alkyl halides is 5. The first-order valence-electron chi connectivity index (χ1n) is 12.2. The van der Waals surface area contributed by atoms with E-state index in [-0.39, 0.29) is 69.0 Å². The van der Waals surface area contributed by atoms with Crippen LogP contribution in [0.2, 0.25) is 0 Å². The third kappa shape index (κ3) is 5.85. The first-order chi connectivity index (χ1) is 18.2. The fourth-order valence-corrected chi connectivity index (χ4v) is 4.78. The number of ether oxygens (including phenoxy) is 4. The predicted octanol–water partition coefficient (Wildman–Crippen LogP) is 4.94. The SMILES string of the molecule is COc1cc(C(=O)N2CC[C@]3(c4cccc(C(F)(F)F)n4)OCOC3C2)ccc1OCC(CCF)CCF. The lowest BCUT2D eigenvalue weighted by molar-refractivity contribution is -0.141. The van der Waals surface area contributed by atoms with Crippen molar-refractivity contribution in [3.05, 3.63) is 53.3 Å². The standard InChI is InChI=1S/C26H29F5N2O5/c1-35-20-13-18(5-6-19(20)36-15-17(7-10-27)8-11-28)24(34)33-12-9-25(23(14-33)37-16-38-25)21-3-2-4-22(32-21)26(29,30)31/h2-6,13,17,23H,7-12,14-16H2,1H3/t23?,25-/m1/s1. The van der Waals surface area contributed by atoms with Crippen LogP contribution in [0.1, 0.15) is 41.0 Å². The normalized spacial score (nSPS) is 21.4. The predicted molar refractivity (Wildman–Crippen MR) is 125 cm³/mol. The lowest BCUT2D eigenvalue weighted by atomic mass is 9.84. The summed E-state index contributed by atoms with van der Waals surface area (Å²) in [6, 6.07) is 8.28. The lowest BCUT2D eigenvalue weighted by Gasteiger charge is -2.41. The molecule has 1 aromatic heterocycles. The Balaban J connectivity index is 1.47. The fourth-order valence-electron chi connectivity index (χ4n) is 4.78. The zero-order chi connectivity index (χ0) is 27.3. The number of hydrogen-bond donors (Lipinski definition) is 0. The van der Waals surface area contributed by atoms with Gasteiger partial charge in [0.1, 0.15) is 24.2 Å². The van der Waals surface area contributed by atoms with Gasteiger partial charge in [0.25, 0.3) is 5.91 Å². The highest BCUT2D eigenvalue weighted by Crippen LogP contribution is 2.43. The number of pyridine rings is 1. The highest BCUT2D eigenvalue weighted by Gasteiger charge is 2.52. The van der Waals surface area contributed by atoms with Crippen LogP contribution in [-0.4, -0.2) is 68.8 Å². The van der Waals surface area contributed by atoms with Gasteiger partial charge in [-0.25, -0.2) is 4.98 Å².